The van der Waals surface area contributed by atoms with E-state index in [1.807, 2.05) is 0 Å². The number of hydrogen-bond acceptors (Lipinski definition) is 4. The molecule has 2 aliphatic heterocycles. The average molecular weight is 214 g/mol. The minimum absolute atomic E-state index is 0.361. The third-order valence-electron chi connectivity index (χ3n) is 3.79. The fraction of sp³-hybridized carbons (Fsp3) is 1.00. The molecule has 4 atom stereocenters. The van der Waals surface area contributed by atoms with Crippen molar-refractivity contribution in [2.75, 3.05) is 19.8 Å². The van der Waals surface area contributed by atoms with Crippen LogP contribution in [-0.4, -0.2) is 32.0 Å². The van der Waals surface area contributed by atoms with Gasteiger partial charge in [0.25, 0.3) is 0 Å². The minimum Gasteiger partial charge on any atom is -0.381 e. The van der Waals surface area contributed by atoms with E-state index in [-0.39, 0.29) is 0 Å². The molecule has 2 aliphatic rings. The number of hydrazine groups is 1. The summed E-state index contributed by atoms with van der Waals surface area (Å²) in [7, 11) is 0. The summed E-state index contributed by atoms with van der Waals surface area (Å²) >= 11 is 0. The van der Waals surface area contributed by atoms with Gasteiger partial charge in [0.05, 0.1) is 12.7 Å². The van der Waals surface area contributed by atoms with Gasteiger partial charge in [-0.2, -0.15) is 0 Å². The van der Waals surface area contributed by atoms with E-state index in [1.54, 1.807) is 0 Å². The Morgan fingerprint density at radius 3 is 2.87 bits per heavy atom. The summed E-state index contributed by atoms with van der Waals surface area (Å²) in [6, 6.07) is 0.361. The predicted molar refractivity (Wildman–Crippen MR) is 58.2 cm³/mol. The van der Waals surface area contributed by atoms with Crippen LogP contribution in [0.15, 0.2) is 0 Å². The molecule has 2 fully saturated rings. The zero-order valence-corrected chi connectivity index (χ0v) is 9.45. The number of ether oxygens (including phenoxy) is 2. The summed E-state index contributed by atoms with van der Waals surface area (Å²) < 4.78 is 11.2. The first kappa shape index (κ1) is 11.3. The summed E-state index contributed by atoms with van der Waals surface area (Å²) in [6.45, 7) is 4.80. The van der Waals surface area contributed by atoms with Gasteiger partial charge in [-0.1, -0.05) is 6.92 Å². The highest BCUT2D eigenvalue weighted by Gasteiger charge is 2.38. The van der Waals surface area contributed by atoms with Crippen molar-refractivity contribution >= 4 is 0 Å². The predicted octanol–water partition coefficient (Wildman–Crippen LogP) is 0.670. The van der Waals surface area contributed by atoms with Gasteiger partial charge in [-0.25, -0.2) is 0 Å². The standard InChI is InChI=1S/C11H22N2O2/c1-2-10-9(4-6-15-10)11(13-12)8-3-5-14-7-8/h8-11,13H,2-7,12H2,1H3. The molecule has 0 spiro atoms. The SMILES string of the molecule is CCC1OCCC1C(NN)C1CCOC1. The summed E-state index contributed by atoms with van der Waals surface area (Å²) in [5.41, 5.74) is 2.99. The largest absolute Gasteiger partial charge is 0.381 e. The van der Waals surface area contributed by atoms with E-state index in [9.17, 15) is 0 Å². The summed E-state index contributed by atoms with van der Waals surface area (Å²) in [6.07, 6.45) is 3.72. The van der Waals surface area contributed by atoms with E-state index in [0.717, 1.165) is 39.1 Å². The van der Waals surface area contributed by atoms with Crippen molar-refractivity contribution < 1.29 is 9.47 Å². The number of nitrogens with one attached hydrogen (secondary N) is 1. The van der Waals surface area contributed by atoms with Crippen molar-refractivity contribution in [3.05, 3.63) is 0 Å². The highest BCUT2D eigenvalue weighted by atomic mass is 16.5. The van der Waals surface area contributed by atoms with Gasteiger partial charge in [0.1, 0.15) is 0 Å². The van der Waals surface area contributed by atoms with Crippen LogP contribution < -0.4 is 11.3 Å². The Balaban J connectivity index is 1.98. The Bertz CT molecular complexity index is 195. The van der Waals surface area contributed by atoms with Crippen LogP contribution in [0.25, 0.3) is 0 Å². The molecule has 4 heteroatoms. The summed E-state index contributed by atoms with van der Waals surface area (Å²) in [4.78, 5) is 0. The molecule has 0 amide bonds. The summed E-state index contributed by atoms with van der Waals surface area (Å²) in [5.74, 6) is 6.82. The van der Waals surface area contributed by atoms with E-state index in [4.69, 9.17) is 15.3 Å². The van der Waals surface area contributed by atoms with Crippen molar-refractivity contribution in [1.82, 2.24) is 5.43 Å². The van der Waals surface area contributed by atoms with Gasteiger partial charge >= 0.3 is 0 Å². The molecule has 0 aliphatic carbocycles. The number of rotatable bonds is 4. The minimum atomic E-state index is 0.361. The topological polar surface area (TPSA) is 56.5 Å². The Morgan fingerprint density at radius 2 is 2.27 bits per heavy atom. The second kappa shape index (κ2) is 5.25. The Kier molecular flexibility index (Phi) is 3.97. The molecule has 2 rings (SSSR count). The normalized spacial score (nSPS) is 38.4. The van der Waals surface area contributed by atoms with E-state index < -0.39 is 0 Å². The maximum atomic E-state index is 5.72. The first-order valence-electron chi connectivity index (χ1n) is 6.02. The third kappa shape index (κ3) is 2.33. The molecule has 88 valence electrons. The van der Waals surface area contributed by atoms with Gasteiger partial charge < -0.3 is 9.47 Å². The quantitative estimate of drug-likeness (QED) is 0.533. The molecule has 4 nitrogen and oxygen atoms in total. The first-order chi connectivity index (χ1) is 7.36. The average Bonchev–Trinajstić information content (AvgIpc) is 2.89. The van der Waals surface area contributed by atoms with E-state index in [1.165, 1.54) is 0 Å². The monoisotopic (exact) mass is 214 g/mol. The van der Waals surface area contributed by atoms with E-state index in [0.29, 0.717) is 24.0 Å². The molecule has 0 aromatic heterocycles. The molecule has 0 aromatic rings. The van der Waals surface area contributed by atoms with E-state index in [2.05, 4.69) is 12.3 Å². The van der Waals surface area contributed by atoms with Crippen molar-refractivity contribution in [1.29, 1.82) is 0 Å². The van der Waals surface area contributed by atoms with Crippen LogP contribution in [0.5, 0.6) is 0 Å². The molecule has 15 heavy (non-hydrogen) atoms. The molecule has 0 saturated carbocycles. The van der Waals surface area contributed by atoms with Gasteiger partial charge in [-0.3, -0.25) is 11.3 Å². The number of hydrogen-bond donors (Lipinski definition) is 2. The molecule has 4 unspecified atom stereocenters. The Hall–Kier alpha value is -0.160. The molecule has 0 bridgehead atoms. The zero-order chi connectivity index (χ0) is 10.7. The highest BCUT2D eigenvalue weighted by molar-refractivity contribution is 4.90. The number of nitrogens with two attached hydrogens (primary N) is 1. The zero-order valence-electron chi connectivity index (χ0n) is 9.45. The van der Waals surface area contributed by atoms with Crippen LogP contribution in [0.2, 0.25) is 0 Å². The smallest absolute Gasteiger partial charge is 0.0617 e. The van der Waals surface area contributed by atoms with Gasteiger partial charge in [0.15, 0.2) is 0 Å². The van der Waals surface area contributed by atoms with Crippen LogP contribution in [0.3, 0.4) is 0 Å². The molecule has 0 aromatic carbocycles. The van der Waals surface area contributed by atoms with Gasteiger partial charge in [0.2, 0.25) is 0 Å². The van der Waals surface area contributed by atoms with Gasteiger partial charge in [-0.15, -0.1) is 0 Å². The molecule has 3 N–H and O–H groups in total. The fourth-order valence-corrected chi connectivity index (χ4v) is 2.94. The maximum absolute atomic E-state index is 5.72. The first-order valence-corrected chi connectivity index (χ1v) is 6.02. The highest BCUT2D eigenvalue weighted by Crippen LogP contribution is 2.32. The van der Waals surface area contributed by atoms with E-state index >= 15 is 0 Å². The Morgan fingerprint density at radius 1 is 1.40 bits per heavy atom. The van der Waals surface area contributed by atoms with Crippen LogP contribution in [0.4, 0.5) is 0 Å². The Labute approximate surface area is 91.5 Å². The van der Waals surface area contributed by atoms with Crippen LogP contribution in [-0.2, 0) is 9.47 Å². The van der Waals surface area contributed by atoms with Crippen LogP contribution in [0, 0.1) is 11.8 Å². The molecule has 2 heterocycles. The third-order valence-corrected chi connectivity index (χ3v) is 3.79. The summed E-state index contributed by atoms with van der Waals surface area (Å²) in [5, 5.41) is 0. The lowest BCUT2D eigenvalue weighted by atomic mass is 9.83. The van der Waals surface area contributed by atoms with Crippen LogP contribution >= 0.6 is 0 Å². The second-order valence-electron chi connectivity index (χ2n) is 4.59. The molecule has 2 saturated heterocycles. The van der Waals surface area contributed by atoms with Crippen molar-refractivity contribution in [2.45, 2.75) is 38.3 Å². The lowest BCUT2D eigenvalue weighted by molar-refractivity contribution is 0.0669. The maximum Gasteiger partial charge on any atom is 0.0617 e. The van der Waals surface area contributed by atoms with Gasteiger partial charge in [-0.05, 0) is 19.3 Å². The van der Waals surface area contributed by atoms with Crippen molar-refractivity contribution in [3.8, 4) is 0 Å². The second-order valence-corrected chi connectivity index (χ2v) is 4.59. The van der Waals surface area contributed by atoms with Crippen molar-refractivity contribution in [3.63, 3.8) is 0 Å². The van der Waals surface area contributed by atoms with Crippen LogP contribution in [0.1, 0.15) is 26.2 Å². The lowest BCUT2D eigenvalue weighted by Gasteiger charge is -2.30. The molecular formula is C11H22N2O2. The van der Waals surface area contributed by atoms with Gasteiger partial charge in [0, 0.05) is 31.1 Å². The lowest BCUT2D eigenvalue weighted by Crippen LogP contribution is -2.48. The fourth-order valence-electron chi connectivity index (χ4n) is 2.94. The molecular weight excluding hydrogens is 192 g/mol. The van der Waals surface area contributed by atoms with Crippen molar-refractivity contribution in [2.24, 2.45) is 17.7 Å². The molecule has 0 radical (unpaired) electrons.